The fourth-order valence-electron chi connectivity index (χ4n) is 5.26. The molecule has 174 valence electrons. The molecule has 9 heteroatoms. The lowest BCUT2D eigenvalue weighted by molar-refractivity contribution is -0.0206. The van der Waals surface area contributed by atoms with E-state index in [4.69, 9.17) is 4.98 Å². The standard InChI is InChI=1S/C25H23F2N5O2/c1-13-7-17(14(2)29-18-6-4-3-5-16(18)24(33)34)22-19(8-13)30-20(11-28)23(31-22)32-12-15-9-21(32)25(26,27)10-15/h3-8,14-15,21,29H,9-10,12H2,1-2H3,(H,33,34)/t14-,15?,21?/m1/s1. The lowest BCUT2D eigenvalue weighted by Crippen LogP contribution is -2.46. The molecule has 2 heterocycles. The topological polar surface area (TPSA) is 102 Å². The van der Waals surface area contributed by atoms with E-state index in [2.05, 4.69) is 10.3 Å². The number of nitrogens with one attached hydrogen (secondary N) is 1. The van der Waals surface area contributed by atoms with Crippen LogP contribution in [0, 0.1) is 24.2 Å². The quantitative estimate of drug-likeness (QED) is 0.554. The molecule has 2 N–H and O–H groups in total. The van der Waals surface area contributed by atoms with Crippen LogP contribution in [0.1, 0.15) is 53.0 Å². The lowest BCUT2D eigenvalue weighted by Gasteiger charge is -2.34. The second kappa shape index (κ2) is 7.90. The highest BCUT2D eigenvalue weighted by Crippen LogP contribution is 2.49. The summed E-state index contributed by atoms with van der Waals surface area (Å²) in [6, 6.07) is 11.0. The second-order valence-corrected chi connectivity index (χ2v) is 9.18. The molecule has 2 bridgehead atoms. The molecule has 0 spiro atoms. The average molecular weight is 463 g/mol. The highest BCUT2D eigenvalue weighted by Gasteiger charge is 2.57. The summed E-state index contributed by atoms with van der Waals surface area (Å²) in [5.74, 6) is -3.81. The first-order valence-electron chi connectivity index (χ1n) is 11.1. The molecule has 2 fully saturated rings. The van der Waals surface area contributed by atoms with Crippen LogP contribution in [0.5, 0.6) is 0 Å². The van der Waals surface area contributed by atoms with Crippen LogP contribution in [0.3, 0.4) is 0 Å². The zero-order valence-corrected chi connectivity index (χ0v) is 18.7. The molecule has 1 aliphatic heterocycles. The molecule has 7 nitrogen and oxygen atoms in total. The van der Waals surface area contributed by atoms with E-state index in [9.17, 15) is 23.9 Å². The molecule has 2 unspecified atom stereocenters. The number of piperidine rings is 1. The van der Waals surface area contributed by atoms with Gasteiger partial charge in [-0.2, -0.15) is 5.26 Å². The first-order chi connectivity index (χ1) is 16.2. The number of hydrogen-bond acceptors (Lipinski definition) is 6. The van der Waals surface area contributed by atoms with Gasteiger partial charge < -0.3 is 15.3 Å². The van der Waals surface area contributed by atoms with Gasteiger partial charge in [-0.25, -0.2) is 23.5 Å². The molecular formula is C25H23F2N5O2. The van der Waals surface area contributed by atoms with Crippen LogP contribution in [-0.2, 0) is 0 Å². The molecule has 2 aliphatic rings. The number of rotatable bonds is 5. The van der Waals surface area contributed by atoms with Crippen LogP contribution >= 0.6 is 0 Å². The van der Waals surface area contributed by atoms with Crippen molar-refractivity contribution in [2.45, 2.75) is 44.7 Å². The van der Waals surface area contributed by atoms with Gasteiger partial charge in [0.05, 0.1) is 28.7 Å². The van der Waals surface area contributed by atoms with Gasteiger partial charge in [0, 0.05) is 24.2 Å². The number of carbonyl (C=O) groups is 1. The Morgan fingerprint density at radius 1 is 1.32 bits per heavy atom. The number of alkyl halides is 2. The second-order valence-electron chi connectivity index (χ2n) is 9.18. The van der Waals surface area contributed by atoms with Gasteiger partial charge in [-0.05, 0) is 49.9 Å². The van der Waals surface area contributed by atoms with Gasteiger partial charge in [-0.15, -0.1) is 0 Å². The molecule has 1 saturated carbocycles. The maximum Gasteiger partial charge on any atom is 0.337 e. The Labute approximate surface area is 195 Å². The van der Waals surface area contributed by atoms with Crippen LogP contribution in [0.2, 0.25) is 0 Å². The smallest absolute Gasteiger partial charge is 0.337 e. The van der Waals surface area contributed by atoms with E-state index in [1.807, 2.05) is 26.0 Å². The van der Waals surface area contributed by atoms with Gasteiger partial charge in [0.15, 0.2) is 11.5 Å². The maximum absolute atomic E-state index is 14.5. The van der Waals surface area contributed by atoms with Crippen LogP contribution < -0.4 is 10.2 Å². The highest BCUT2D eigenvalue weighted by atomic mass is 19.3. The third-order valence-corrected chi connectivity index (χ3v) is 6.74. The van der Waals surface area contributed by atoms with Crippen molar-refractivity contribution >= 4 is 28.5 Å². The lowest BCUT2D eigenvalue weighted by atomic mass is 10.0. The largest absolute Gasteiger partial charge is 0.478 e. The van der Waals surface area contributed by atoms with Crippen LogP contribution in [-0.4, -0.2) is 39.6 Å². The molecule has 5 rings (SSSR count). The summed E-state index contributed by atoms with van der Waals surface area (Å²) in [7, 11) is 0. The van der Waals surface area contributed by atoms with Crippen molar-refractivity contribution in [2.24, 2.45) is 5.92 Å². The molecular weight excluding hydrogens is 440 g/mol. The molecule has 34 heavy (non-hydrogen) atoms. The van der Waals surface area contributed by atoms with Crippen molar-refractivity contribution < 1.29 is 18.7 Å². The zero-order chi connectivity index (χ0) is 24.2. The zero-order valence-electron chi connectivity index (χ0n) is 18.7. The predicted molar refractivity (Wildman–Crippen MR) is 123 cm³/mol. The number of nitriles is 1. The van der Waals surface area contributed by atoms with Crippen molar-refractivity contribution in [3.8, 4) is 6.07 Å². The third kappa shape index (κ3) is 3.59. The molecule has 3 atom stereocenters. The Balaban J connectivity index is 1.60. The summed E-state index contributed by atoms with van der Waals surface area (Å²) in [4.78, 5) is 22.4. The number of halogens is 2. The Hall–Kier alpha value is -3.80. The number of aryl methyl sites for hydroxylation is 1. The van der Waals surface area contributed by atoms with Crippen molar-refractivity contribution in [2.75, 3.05) is 16.8 Å². The fourth-order valence-corrected chi connectivity index (χ4v) is 5.26. The number of carboxylic acid groups (broad SMARTS) is 1. The van der Waals surface area contributed by atoms with E-state index >= 15 is 0 Å². The number of carboxylic acids is 1. The molecule has 0 radical (unpaired) electrons. The van der Waals surface area contributed by atoms with Gasteiger partial charge in [0.1, 0.15) is 6.07 Å². The average Bonchev–Trinajstić information content (AvgIpc) is 3.34. The number of aromatic nitrogens is 2. The van der Waals surface area contributed by atoms with Crippen molar-refractivity contribution in [1.29, 1.82) is 5.26 Å². The summed E-state index contributed by atoms with van der Waals surface area (Å²) < 4.78 is 29.0. The molecule has 1 saturated heterocycles. The van der Waals surface area contributed by atoms with E-state index in [1.54, 1.807) is 29.2 Å². The Kier molecular flexibility index (Phi) is 5.12. The Morgan fingerprint density at radius 3 is 2.76 bits per heavy atom. The first kappa shape index (κ1) is 22.0. The van der Waals surface area contributed by atoms with Gasteiger partial charge in [-0.3, -0.25) is 0 Å². The number of aromatic carboxylic acids is 1. The number of nitrogens with zero attached hydrogens (tertiary/aromatic N) is 4. The predicted octanol–water partition coefficient (Wildman–Crippen LogP) is 4.92. The van der Waals surface area contributed by atoms with E-state index in [0.29, 0.717) is 29.7 Å². The summed E-state index contributed by atoms with van der Waals surface area (Å²) in [6.45, 7) is 4.19. The maximum atomic E-state index is 14.5. The normalized spacial score (nSPS) is 21.4. The van der Waals surface area contributed by atoms with E-state index in [1.165, 1.54) is 6.07 Å². The summed E-state index contributed by atoms with van der Waals surface area (Å²) in [5, 5.41) is 22.5. The number of para-hydroxylation sites is 1. The highest BCUT2D eigenvalue weighted by molar-refractivity contribution is 5.94. The minimum Gasteiger partial charge on any atom is -0.478 e. The number of benzene rings is 2. The van der Waals surface area contributed by atoms with Gasteiger partial charge in [0.25, 0.3) is 5.92 Å². The van der Waals surface area contributed by atoms with Gasteiger partial charge in [0.2, 0.25) is 0 Å². The van der Waals surface area contributed by atoms with Crippen LogP contribution in [0.25, 0.3) is 11.0 Å². The van der Waals surface area contributed by atoms with Gasteiger partial charge in [-0.1, -0.05) is 18.2 Å². The number of hydrogen-bond donors (Lipinski definition) is 2. The Bertz CT molecular complexity index is 1350. The van der Waals surface area contributed by atoms with E-state index < -0.39 is 17.9 Å². The van der Waals surface area contributed by atoms with Crippen molar-refractivity contribution in [3.63, 3.8) is 0 Å². The number of anilines is 2. The minimum atomic E-state index is -2.82. The monoisotopic (exact) mass is 463 g/mol. The van der Waals surface area contributed by atoms with Crippen LogP contribution in [0.15, 0.2) is 36.4 Å². The molecule has 3 aromatic rings. The summed E-state index contributed by atoms with van der Waals surface area (Å²) in [5.41, 5.74) is 3.25. The van der Waals surface area contributed by atoms with Crippen LogP contribution in [0.4, 0.5) is 20.3 Å². The van der Waals surface area contributed by atoms with Crippen molar-refractivity contribution in [3.05, 3.63) is 58.8 Å². The van der Waals surface area contributed by atoms with E-state index in [0.717, 1.165) is 11.1 Å². The molecule has 0 amide bonds. The number of fused-ring (bicyclic) bond motifs is 3. The molecule has 1 aromatic heterocycles. The summed E-state index contributed by atoms with van der Waals surface area (Å²) in [6.07, 6.45) is 0.244. The van der Waals surface area contributed by atoms with E-state index in [-0.39, 0.29) is 35.5 Å². The third-order valence-electron chi connectivity index (χ3n) is 6.74. The Morgan fingerprint density at radius 2 is 2.09 bits per heavy atom. The van der Waals surface area contributed by atoms with Gasteiger partial charge >= 0.3 is 5.97 Å². The summed E-state index contributed by atoms with van der Waals surface area (Å²) >= 11 is 0. The minimum absolute atomic E-state index is 0.0317. The SMILES string of the molecule is Cc1cc([C@@H](C)Nc2ccccc2C(=O)O)c2nc(N3CC4CC3C(F)(F)C4)c(C#N)nc2c1. The molecule has 2 aromatic carbocycles. The van der Waals surface area contributed by atoms with Crippen molar-refractivity contribution in [1.82, 2.24) is 9.97 Å². The molecule has 1 aliphatic carbocycles. The fraction of sp³-hybridized carbons (Fsp3) is 0.360. The first-order valence-corrected chi connectivity index (χ1v) is 11.1.